The van der Waals surface area contributed by atoms with E-state index in [1.807, 2.05) is 31.2 Å². The van der Waals surface area contributed by atoms with Crippen LogP contribution in [0.2, 0.25) is 0 Å². The first-order chi connectivity index (χ1) is 10.6. The van der Waals surface area contributed by atoms with Crippen molar-refractivity contribution < 1.29 is 9.26 Å². The molecular weight excluding hydrogens is 314 g/mol. The number of hydrogen-bond acceptors (Lipinski definition) is 5. The minimum Gasteiger partial charge on any atom is -0.496 e. The number of para-hydroxylation sites is 1. The number of allylic oxidation sites excluding steroid dienone is 1. The third-order valence-corrected chi connectivity index (χ3v) is 4.16. The van der Waals surface area contributed by atoms with Crippen LogP contribution < -0.4 is 10.5 Å². The number of benzene rings is 1. The lowest BCUT2D eigenvalue weighted by Gasteiger charge is -2.34. The lowest BCUT2D eigenvalue weighted by Crippen LogP contribution is -2.44. The molecule has 1 aliphatic carbocycles. The number of methoxy groups -OCH3 is 1. The highest BCUT2D eigenvalue weighted by atomic mass is 35.5. The number of ether oxygens (including phenoxy) is 1. The van der Waals surface area contributed by atoms with Crippen LogP contribution >= 0.6 is 12.4 Å². The fourth-order valence-corrected chi connectivity index (χ4v) is 2.69. The Hall–Kier alpha value is -1.85. The van der Waals surface area contributed by atoms with E-state index in [-0.39, 0.29) is 17.9 Å². The van der Waals surface area contributed by atoms with Crippen LogP contribution in [-0.2, 0) is 12.0 Å². The average Bonchev–Trinajstić information content (AvgIpc) is 2.94. The maximum atomic E-state index is 6.21. The molecule has 1 aliphatic rings. The van der Waals surface area contributed by atoms with E-state index in [1.165, 1.54) is 0 Å². The Balaban J connectivity index is 0.00000192. The molecule has 0 unspecified atom stereocenters. The summed E-state index contributed by atoms with van der Waals surface area (Å²) in [5.41, 5.74) is 8.08. The summed E-state index contributed by atoms with van der Waals surface area (Å²) in [5, 5.41) is 4.02. The van der Waals surface area contributed by atoms with E-state index >= 15 is 0 Å². The maximum absolute atomic E-state index is 6.21. The van der Waals surface area contributed by atoms with Gasteiger partial charge < -0.3 is 15.0 Å². The van der Waals surface area contributed by atoms with E-state index in [0.29, 0.717) is 11.7 Å². The number of hydrogen-bond donors (Lipinski definition) is 1. The molecule has 0 amide bonds. The normalized spacial score (nSPS) is 16.4. The van der Waals surface area contributed by atoms with Crippen LogP contribution in [0.1, 0.15) is 43.5 Å². The molecule has 0 radical (unpaired) electrons. The molecule has 0 spiro atoms. The van der Waals surface area contributed by atoms with Gasteiger partial charge in [-0.15, -0.1) is 12.4 Å². The Bertz CT molecular complexity index is 693. The van der Waals surface area contributed by atoms with Gasteiger partial charge in [-0.1, -0.05) is 28.9 Å². The van der Waals surface area contributed by atoms with Gasteiger partial charge in [0.05, 0.1) is 12.6 Å². The number of rotatable bonds is 5. The smallest absolute Gasteiger partial charge is 0.250 e. The van der Waals surface area contributed by atoms with Crippen LogP contribution in [0.4, 0.5) is 0 Å². The summed E-state index contributed by atoms with van der Waals surface area (Å²) >= 11 is 0. The summed E-state index contributed by atoms with van der Waals surface area (Å²) in [6.45, 7) is 2.04. The second-order valence-electron chi connectivity index (χ2n) is 5.95. The van der Waals surface area contributed by atoms with Crippen LogP contribution in [0.25, 0.3) is 6.08 Å². The van der Waals surface area contributed by atoms with Crippen molar-refractivity contribution in [3.63, 3.8) is 0 Å². The van der Waals surface area contributed by atoms with E-state index in [9.17, 15) is 0 Å². The Kier molecular flexibility index (Phi) is 5.44. The molecule has 0 bridgehead atoms. The minimum atomic E-state index is -0.383. The fourth-order valence-electron chi connectivity index (χ4n) is 2.69. The molecule has 1 aromatic carbocycles. The zero-order valence-corrected chi connectivity index (χ0v) is 14.2. The lowest BCUT2D eigenvalue weighted by atomic mass is 9.77. The number of aromatic nitrogens is 2. The molecule has 1 fully saturated rings. The van der Waals surface area contributed by atoms with Gasteiger partial charge in [-0.05, 0) is 44.2 Å². The van der Waals surface area contributed by atoms with E-state index in [1.54, 1.807) is 7.11 Å². The van der Waals surface area contributed by atoms with Gasteiger partial charge in [-0.2, -0.15) is 4.98 Å². The molecule has 124 valence electrons. The highest BCUT2D eigenvalue weighted by Gasteiger charge is 2.38. The Morgan fingerprint density at radius 1 is 1.39 bits per heavy atom. The molecule has 3 rings (SSSR count). The van der Waals surface area contributed by atoms with Crippen molar-refractivity contribution in [3.8, 4) is 5.75 Å². The Morgan fingerprint density at radius 3 is 2.78 bits per heavy atom. The predicted octanol–water partition coefficient (Wildman–Crippen LogP) is 3.48. The van der Waals surface area contributed by atoms with Crippen molar-refractivity contribution in [2.75, 3.05) is 7.11 Å². The van der Waals surface area contributed by atoms with Gasteiger partial charge in [0.2, 0.25) is 0 Å². The van der Waals surface area contributed by atoms with Crippen molar-refractivity contribution in [2.45, 2.75) is 38.1 Å². The maximum Gasteiger partial charge on any atom is 0.250 e. The third kappa shape index (κ3) is 3.74. The van der Waals surface area contributed by atoms with Crippen molar-refractivity contribution in [1.29, 1.82) is 0 Å². The van der Waals surface area contributed by atoms with Crippen LogP contribution in [0.5, 0.6) is 5.75 Å². The SMILES string of the molecule is COc1ccccc1C/C(C)=C/c1nc(C2(N)CCC2)no1.Cl. The van der Waals surface area contributed by atoms with Gasteiger partial charge in [-0.25, -0.2) is 0 Å². The molecule has 1 aromatic heterocycles. The van der Waals surface area contributed by atoms with Gasteiger partial charge in [0.25, 0.3) is 5.89 Å². The Morgan fingerprint density at radius 2 is 2.13 bits per heavy atom. The summed E-state index contributed by atoms with van der Waals surface area (Å²) in [7, 11) is 1.68. The number of nitrogens with two attached hydrogens (primary N) is 1. The van der Waals surface area contributed by atoms with E-state index in [4.69, 9.17) is 15.0 Å². The first kappa shape index (κ1) is 17.5. The molecule has 6 heteroatoms. The first-order valence-electron chi connectivity index (χ1n) is 7.53. The van der Waals surface area contributed by atoms with Gasteiger partial charge in [0, 0.05) is 6.08 Å². The second kappa shape index (κ2) is 7.15. The molecule has 1 saturated carbocycles. The van der Waals surface area contributed by atoms with Crippen LogP contribution in [-0.4, -0.2) is 17.3 Å². The van der Waals surface area contributed by atoms with E-state index in [2.05, 4.69) is 16.2 Å². The summed E-state index contributed by atoms with van der Waals surface area (Å²) in [5.74, 6) is 2.02. The summed E-state index contributed by atoms with van der Waals surface area (Å²) in [6, 6.07) is 7.98. The van der Waals surface area contributed by atoms with Crippen molar-refractivity contribution in [1.82, 2.24) is 10.1 Å². The summed E-state index contributed by atoms with van der Waals surface area (Å²) in [4.78, 5) is 4.42. The fraction of sp³-hybridized carbons (Fsp3) is 0.412. The van der Waals surface area contributed by atoms with Gasteiger partial charge in [0.15, 0.2) is 5.82 Å². The Labute approximate surface area is 142 Å². The zero-order chi connectivity index (χ0) is 15.6. The second-order valence-corrected chi connectivity index (χ2v) is 5.95. The molecule has 0 atom stereocenters. The lowest BCUT2D eigenvalue weighted by molar-refractivity contribution is 0.229. The van der Waals surface area contributed by atoms with E-state index in [0.717, 1.165) is 42.6 Å². The highest BCUT2D eigenvalue weighted by Crippen LogP contribution is 2.37. The zero-order valence-electron chi connectivity index (χ0n) is 13.4. The molecule has 23 heavy (non-hydrogen) atoms. The topological polar surface area (TPSA) is 74.2 Å². The monoisotopic (exact) mass is 335 g/mol. The molecule has 1 heterocycles. The minimum absolute atomic E-state index is 0. The van der Waals surface area contributed by atoms with Crippen LogP contribution in [0.3, 0.4) is 0 Å². The quantitative estimate of drug-likeness (QED) is 0.905. The third-order valence-electron chi connectivity index (χ3n) is 4.16. The molecular formula is C17H22ClN3O2. The van der Waals surface area contributed by atoms with Gasteiger partial charge in [0.1, 0.15) is 5.75 Å². The average molecular weight is 336 g/mol. The van der Waals surface area contributed by atoms with Crippen LogP contribution in [0, 0.1) is 0 Å². The molecule has 0 aliphatic heterocycles. The molecule has 0 saturated heterocycles. The van der Waals surface area contributed by atoms with Crippen molar-refractivity contribution in [3.05, 3.63) is 47.1 Å². The van der Waals surface area contributed by atoms with Gasteiger partial charge in [-0.3, -0.25) is 0 Å². The van der Waals surface area contributed by atoms with Crippen molar-refractivity contribution in [2.24, 2.45) is 5.73 Å². The number of halogens is 1. The van der Waals surface area contributed by atoms with E-state index < -0.39 is 0 Å². The van der Waals surface area contributed by atoms with Gasteiger partial charge >= 0.3 is 0 Å². The first-order valence-corrected chi connectivity index (χ1v) is 7.53. The van der Waals surface area contributed by atoms with Crippen molar-refractivity contribution >= 4 is 18.5 Å². The largest absolute Gasteiger partial charge is 0.496 e. The molecule has 2 N–H and O–H groups in total. The standard InChI is InChI=1S/C17H21N3O2.ClH/c1-12(10-13-6-3-4-7-14(13)21-2)11-15-19-16(20-22-15)17(18)8-5-9-17;/h3-4,6-7,11H,5,8-10,18H2,1-2H3;1H/b12-11+;. The highest BCUT2D eigenvalue weighted by molar-refractivity contribution is 5.85. The molecule has 2 aromatic rings. The summed E-state index contributed by atoms with van der Waals surface area (Å²) < 4.78 is 10.7. The molecule has 5 nitrogen and oxygen atoms in total. The summed E-state index contributed by atoms with van der Waals surface area (Å²) in [6.07, 6.45) is 5.66. The van der Waals surface area contributed by atoms with Crippen LogP contribution in [0.15, 0.2) is 34.4 Å². The number of nitrogens with zero attached hydrogens (tertiary/aromatic N) is 2. The predicted molar refractivity (Wildman–Crippen MR) is 91.6 cm³/mol.